The molecule has 0 aromatic carbocycles. The highest BCUT2D eigenvalue weighted by Gasteiger charge is 2.50. The maximum absolute atomic E-state index is 12.5. The van der Waals surface area contributed by atoms with Gasteiger partial charge in [-0.3, -0.25) is 4.68 Å². The van der Waals surface area contributed by atoms with Crippen LogP contribution in [0.15, 0.2) is 12.3 Å². The second-order valence-electron chi connectivity index (χ2n) is 3.89. The van der Waals surface area contributed by atoms with Gasteiger partial charge in [0.05, 0.1) is 0 Å². The minimum absolute atomic E-state index is 0.321. The standard InChI is InChI=1S/C9H13F2N3/c1-14-5-2-7(13-14)12-6-9(3-4-9)8(10)11/h2,5,8H,3-4,6H2,1H3,(H,12,13). The van der Waals surface area contributed by atoms with E-state index >= 15 is 0 Å². The van der Waals surface area contributed by atoms with Crippen molar-refractivity contribution in [3.05, 3.63) is 12.3 Å². The maximum atomic E-state index is 12.5. The molecule has 1 aliphatic rings. The fourth-order valence-corrected chi connectivity index (χ4v) is 1.41. The van der Waals surface area contributed by atoms with Crippen molar-refractivity contribution in [2.75, 3.05) is 11.9 Å². The monoisotopic (exact) mass is 201 g/mol. The van der Waals surface area contributed by atoms with Gasteiger partial charge in [-0.15, -0.1) is 0 Å². The van der Waals surface area contributed by atoms with E-state index in [0.717, 1.165) is 0 Å². The molecule has 0 unspecified atom stereocenters. The molecule has 2 rings (SSSR count). The summed E-state index contributed by atoms with van der Waals surface area (Å²) in [6.07, 6.45) is 0.790. The molecule has 5 heteroatoms. The summed E-state index contributed by atoms with van der Waals surface area (Å²) in [5.74, 6) is 0.666. The predicted molar refractivity (Wildman–Crippen MR) is 49.4 cm³/mol. The molecule has 1 aromatic heterocycles. The first-order valence-corrected chi connectivity index (χ1v) is 4.64. The third-order valence-electron chi connectivity index (χ3n) is 2.69. The molecule has 1 aliphatic carbocycles. The van der Waals surface area contributed by atoms with Crippen LogP contribution in [0.4, 0.5) is 14.6 Å². The molecule has 0 saturated heterocycles. The van der Waals surface area contributed by atoms with Crippen molar-refractivity contribution in [3.8, 4) is 0 Å². The molecule has 1 aromatic rings. The van der Waals surface area contributed by atoms with Crippen molar-refractivity contribution in [3.63, 3.8) is 0 Å². The van der Waals surface area contributed by atoms with E-state index < -0.39 is 11.8 Å². The number of nitrogens with one attached hydrogen (secondary N) is 1. The van der Waals surface area contributed by atoms with E-state index in [2.05, 4.69) is 10.4 Å². The van der Waals surface area contributed by atoms with Crippen LogP contribution < -0.4 is 5.32 Å². The molecular formula is C9H13F2N3. The molecule has 14 heavy (non-hydrogen) atoms. The lowest BCUT2D eigenvalue weighted by Crippen LogP contribution is -2.23. The van der Waals surface area contributed by atoms with Crippen LogP contribution in [0.25, 0.3) is 0 Å². The number of hydrogen-bond acceptors (Lipinski definition) is 2. The quantitative estimate of drug-likeness (QED) is 0.806. The van der Waals surface area contributed by atoms with Crippen molar-refractivity contribution in [1.82, 2.24) is 9.78 Å². The van der Waals surface area contributed by atoms with Gasteiger partial charge in [0.15, 0.2) is 0 Å². The van der Waals surface area contributed by atoms with Crippen LogP contribution in [0, 0.1) is 5.41 Å². The first kappa shape index (κ1) is 9.43. The number of halogens is 2. The number of nitrogens with zero attached hydrogens (tertiary/aromatic N) is 2. The van der Waals surface area contributed by atoms with Crippen molar-refractivity contribution in [2.45, 2.75) is 19.3 Å². The van der Waals surface area contributed by atoms with Gasteiger partial charge < -0.3 is 5.32 Å². The van der Waals surface area contributed by atoms with E-state index in [1.807, 2.05) is 0 Å². The van der Waals surface area contributed by atoms with Gasteiger partial charge in [-0.2, -0.15) is 5.10 Å². The van der Waals surface area contributed by atoms with Crippen LogP contribution in [-0.2, 0) is 7.05 Å². The molecule has 0 radical (unpaired) electrons. The Labute approximate surface area is 81.1 Å². The van der Waals surface area contributed by atoms with E-state index in [4.69, 9.17) is 0 Å². The van der Waals surface area contributed by atoms with Crippen LogP contribution in [0.1, 0.15) is 12.8 Å². The Hall–Kier alpha value is -1.13. The number of hydrogen-bond donors (Lipinski definition) is 1. The fourth-order valence-electron chi connectivity index (χ4n) is 1.41. The Morgan fingerprint density at radius 2 is 2.36 bits per heavy atom. The molecule has 78 valence electrons. The second-order valence-corrected chi connectivity index (χ2v) is 3.89. The van der Waals surface area contributed by atoms with Crippen LogP contribution in [0.2, 0.25) is 0 Å². The summed E-state index contributed by atoms with van der Waals surface area (Å²) in [5, 5.41) is 7.00. The maximum Gasteiger partial charge on any atom is 0.245 e. The highest BCUT2D eigenvalue weighted by Crippen LogP contribution is 2.50. The van der Waals surface area contributed by atoms with E-state index in [-0.39, 0.29) is 0 Å². The lowest BCUT2D eigenvalue weighted by molar-refractivity contribution is 0.0687. The number of rotatable bonds is 4. The van der Waals surface area contributed by atoms with Crippen LogP contribution in [0.5, 0.6) is 0 Å². The first-order chi connectivity index (χ1) is 6.62. The Bertz CT molecular complexity index is 318. The molecule has 1 heterocycles. The van der Waals surface area contributed by atoms with E-state index in [1.54, 1.807) is 24.0 Å². The Kier molecular flexibility index (Phi) is 2.17. The molecule has 1 N–H and O–H groups in total. The number of anilines is 1. The van der Waals surface area contributed by atoms with Crippen molar-refractivity contribution in [1.29, 1.82) is 0 Å². The molecule has 3 nitrogen and oxygen atoms in total. The second kappa shape index (κ2) is 3.22. The number of aryl methyl sites for hydroxylation is 1. The van der Waals surface area contributed by atoms with Crippen molar-refractivity contribution < 1.29 is 8.78 Å². The first-order valence-electron chi connectivity index (χ1n) is 4.64. The van der Waals surface area contributed by atoms with Crippen LogP contribution in [-0.4, -0.2) is 22.8 Å². The van der Waals surface area contributed by atoms with Gasteiger partial charge in [0.25, 0.3) is 0 Å². The molecule has 0 aliphatic heterocycles. The van der Waals surface area contributed by atoms with Crippen molar-refractivity contribution in [2.24, 2.45) is 12.5 Å². The zero-order valence-electron chi connectivity index (χ0n) is 8.00. The summed E-state index contributed by atoms with van der Waals surface area (Å²) in [4.78, 5) is 0. The number of alkyl halides is 2. The number of aromatic nitrogens is 2. The molecule has 1 fully saturated rings. The van der Waals surface area contributed by atoms with Gasteiger partial charge in [-0.05, 0) is 12.8 Å². The minimum atomic E-state index is -2.22. The average molecular weight is 201 g/mol. The van der Waals surface area contributed by atoms with Gasteiger partial charge in [0.2, 0.25) is 6.43 Å². The topological polar surface area (TPSA) is 29.9 Å². The van der Waals surface area contributed by atoms with E-state index in [9.17, 15) is 8.78 Å². The smallest absolute Gasteiger partial charge is 0.245 e. The molecular weight excluding hydrogens is 188 g/mol. The molecule has 0 bridgehead atoms. The van der Waals surface area contributed by atoms with Gasteiger partial charge in [0.1, 0.15) is 5.82 Å². The predicted octanol–water partition coefficient (Wildman–Crippen LogP) is 1.88. The average Bonchev–Trinajstić information content (AvgIpc) is 2.82. The van der Waals surface area contributed by atoms with E-state index in [1.165, 1.54) is 0 Å². The zero-order chi connectivity index (χ0) is 10.2. The lowest BCUT2D eigenvalue weighted by Gasteiger charge is -2.13. The van der Waals surface area contributed by atoms with Gasteiger partial charge in [0, 0.05) is 31.3 Å². The summed E-state index contributed by atoms with van der Waals surface area (Å²) in [5.41, 5.74) is -0.780. The Morgan fingerprint density at radius 3 is 2.79 bits per heavy atom. The summed E-state index contributed by atoms with van der Waals surface area (Å²) in [6, 6.07) is 1.78. The van der Waals surface area contributed by atoms with Crippen LogP contribution in [0.3, 0.4) is 0 Å². The van der Waals surface area contributed by atoms with Crippen LogP contribution >= 0.6 is 0 Å². The fraction of sp³-hybridized carbons (Fsp3) is 0.667. The zero-order valence-corrected chi connectivity index (χ0v) is 8.00. The molecule has 0 amide bonds. The van der Waals surface area contributed by atoms with Gasteiger partial charge in [-0.25, -0.2) is 8.78 Å². The summed E-state index contributed by atoms with van der Waals surface area (Å²) >= 11 is 0. The third-order valence-corrected chi connectivity index (χ3v) is 2.69. The van der Waals surface area contributed by atoms with E-state index in [0.29, 0.717) is 25.2 Å². The minimum Gasteiger partial charge on any atom is -0.368 e. The van der Waals surface area contributed by atoms with Gasteiger partial charge in [-0.1, -0.05) is 0 Å². The SMILES string of the molecule is Cn1ccc(NCC2(C(F)F)CC2)n1. The Morgan fingerprint density at radius 1 is 1.64 bits per heavy atom. The summed E-state index contributed by atoms with van der Waals surface area (Å²) in [7, 11) is 1.80. The summed E-state index contributed by atoms with van der Waals surface area (Å²) in [6.45, 7) is 0.321. The van der Waals surface area contributed by atoms with Gasteiger partial charge >= 0.3 is 0 Å². The van der Waals surface area contributed by atoms with Crippen molar-refractivity contribution >= 4 is 5.82 Å². The highest BCUT2D eigenvalue weighted by atomic mass is 19.3. The lowest BCUT2D eigenvalue weighted by atomic mass is 10.1. The largest absolute Gasteiger partial charge is 0.368 e. The Balaban J connectivity index is 1.89. The normalized spacial score (nSPS) is 18.6. The molecule has 0 spiro atoms. The summed E-state index contributed by atoms with van der Waals surface area (Å²) < 4.78 is 26.7. The molecule has 1 saturated carbocycles. The third kappa shape index (κ3) is 1.71. The molecule has 0 atom stereocenters. The highest BCUT2D eigenvalue weighted by molar-refractivity contribution is 5.33.